The Morgan fingerprint density at radius 2 is 1.95 bits per heavy atom. The first kappa shape index (κ1) is 13.3. The molecule has 3 aromatic rings. The van der Waals surface area contributed by atoms with Crippen LogP contribution in [-0.2, 0) is 10.2 Å². The molecule has 4 nitrogen and oxygen atoms in total. The predicted octanol–water partition coefficient (Wildman–Crippen LogP) is 3.60. The summed E-state index contributed by atoms with van der Waals surface area (Å²) in [6.45, 7) is 0. The number of hydrogen-bond donors (Lipinski definition) is 1. The highest BCUT2D eigenvalue weighted by atomic mass is 32.1. The van der Waals surface area contributed by atoms with Gasteiger partial charge in [-0.05, 0) is 36.4 Å². The Balaban J connectivity index is 1.53. The molecule has 0 aliphatic heterocycles. The molecule has 0 spiro atoms. The number of nitrogens with one attached hydrogen (secondary N) is 1. The van der Waals surface area contributed by atoms with E-state index in [1.165, 1.54) is 0 Å². The first-order chi connectivity index (χ1) is 10.8. The molecule has 1 aliphatic carbocycles. The van der Waals surface area contributed by atoms with E-state index in [1.807, 2.05) is 60.1 Å². The van der Waals surface area contributed by atoms with Crippen LogP contribution in [-0.4, -0.2) is 15.7 Å². The number of para-hydroxylation sites is 1. The second-order valence-corrected chi connectivity index (χ2v) is 6.44. The quantitative estimate of drug-likeness (QED) is 0.800. The van der Waals surface area contributed by atoms with Crippen molar-refractivity contribution in [2.45, 2.75) is 18.3 Å². The number of carbonyl (C=O) groups excluding carboxylic acids is 1. The molecule has 1 amide bonds. The number of aromatic nitrogens is 2. The van der Waals surface area contributed by atoms with Gasteiger partial charge in [0.15, 0.2) is 5.82 Å². The first-order valence-corrected chi connectivity index (χ1v) is 8.12. The second kappa shape index (κ2) is 5.10. The van der Waals surface area contributed by atoms with Crippen LogP contribution in [0.3, 0.4) is 0 Å². The molecule has 2 heterocycles. The van der Waals surface area contributed by atoms with E-state index in [-0.39, 0.29) is 11.3 Å². The Bertz CT molecular complexity index is 788. The van der Waals surface area contributed by atoms with Crippen LogP contribution in [0.1, 0.15) is 17.7 Å². The Hall–Kier alpha value is -2.40. The summed E-state index contributed by atoms with van der Waals surface area (Å²) < 4.78 is 1.76. The standard InChI is InChI=1S/C17H15N3OS/c21-16(17(9-10-17)14-7-4-12-22-14)18-15-8-11-20(19-15)13-5-2-1-3-6-13/h1-8,11-12H,9-10H2,(H,18,19,21). The van der Waals surface area contributed by atoms with E-state index in [0.29, 0.717) is 5.82 Å². The van der Waals surface area contributed by atoms with Crippen molar-refractivity contribution in [3.63, 3.8) is 0 Å². The van der Waals surface area contributed by atoms with Gasteiger partial charge in [-0.25, -0.2) is 4.68 Å². The zero-order chi connectivity index (χ0) is 15.0. The lowest BCUT2D eigenvalue weighted by Crippen LogP contribution is -2.27. The van der Waals surface area contributed by atoms with Gasteiger partial charge in [-0.15, -0.1) is 11.3 Å². The minimum absolute atomic E-state index is 0.0493. The summed E-state index contributed by atoms with van der Waals surface area (Å²) in [5.41, 5.74) is 0.646. The lowest BCUT2D eigenvalue weighted by molar-refractivity contribution is -0.118. The average molecular weight is 309 g/mol. The molecule has 5 heteroatoms. The SMILES string of the molecule is O=C(Nc1ccn(-c2ccccc2)n1)C1(c2cccs2)CC1. The minimum atomic E-state index is -0.329. The van der Waals surface area contributed by atoms with Gasteiger partial charge in [0.2, 0.25) is 5.91 Å². The molecule has 110 valence electrons. The number of rotatable bonds is 4. The van der Waals surface area contributed by atoms with Crippen LogP contribution in [0, 0.1) is 0 Å². The van der Waals surface area contributed by atoms with Gasteiger partial charge < -0.3 is 5.32 Å². The molecule has 0 unspecified atom stereocenters. The molecule has 4 rings (SSSR count). The summed E-state index contributed by atoms with van der Waals surface area (Å²) in [6, 6.07) is 15.7. The largest absolute Gasteiger partial charge is 0.308 e. The topological polar surface area (TPSA) is 46.9 Å². The van der Waals surface area contributed by atoms with Gasteiger partial charge in [0.05, 0.1) is 11.1 Å². The average Bonchev–Trinajstić information content (AvgIpc) is 2.99. The fourth-order valence-electron chi connectivity index (χ4n) is 2.61. The van der Waals surface area contributed by atoms with E-state index >= 15 is 0 Å². The molecule has 1 aliphatic rings. The number of thiophene rings is 1. The van der Waals surface area contributed by atoms with E-state index in [2.05, 4.69) is 10.4 Å². The van der Waals surface area contributed by atoms with Gasteiger partial charge in [-0.1, -0.05) is 24.3 Å². The molecule has 0 radical (unpaired) electrons. The van der Waals surface area contributed by atoms with Crippen molar-refractivity contribution in [1.82, 2.24) is 9.78 Å². The zero-order valence-electron chi connectivity index (χ0n) is 11.9. The van der Waals surface area contributed by atoms with Crippen molar-refractivity contribution in [2.24, 2.45) is 0 Å². The maximum absolute atomic E-state index is 12.6. The molecule has 1 fully saturated rings. The summed E-state index contributed by atoms with van der Waals surface area (Å²) in [5.74, 6) is 0.643. The monoisotopic (exact) mass is 309 g/mol. The van der Waals surface area contributed by atoms with E-state index in [9.17, 15) is 4.79 Å². The number of nitrogens with zero attached hydrogens (tertiary/aromatic N) is 2. The molecule has 1 N–H and O–H groups in total. The van der Waals surface area contributed by atoms with Gasteiger partial charge in [-0.3, -0.25) is 4.79 Å². The van der Waals surface area contributed by atoms with Crippen molar-refractivity contribution < 1.29 is 4.79 Å². The molecular formula is C17H15N3OS. The molecule has 1 saturated carbocycles. The maximum atomic E-state index is 12.6. The summed E-state index contributed by atoms with van der Waals surface area (Å²) in [6.07, 6.45) is 3.69. The van der Waals surface area contributed by atoms with Gasteiger partial charge >= 0.3 is 0 Å². The summed E-state index contributed by atoms with van der Waals surface area (Å²) in [7, 11) is 0. The van der Waals surface area contributed by atoms with Crippen molar-refractivity contribution in [3.8, 4) is 5.69 Å². The maximum Gasteiger partial charge on any atom is 0.237 e. The number of hydrogen-bond acceptors (Lipinski definition) is 3. The third kappa shape index (κ3) is 2.23. The van der Waals surface area contributed by atoms with Crippen LogP contribution in [0.2, 0.25) is 0 Å². The molecule has 0 saturated heterocycles. The Labute approximate surface area is 132 Å². The van der Waals surface area contributed by atoms with E-state index in [4.69, 9.17) is 0 Å². The van der Waals surface area contributed by atoms with Crippen LogP contribution in [0.15, 0.2) is 60.1 Å². The molecular weight excluding hydrogens is 294 g/mol. The second-order valence-electron chi connectivity index (χ2n) is 5.49. The van der Waals surface area contributed by atoms with Gasteiger partial charge in [0.25, 0.3) is 0 Å². The summed E-state index contributed by atoms with van der Waals surface area (Å²) >= 11 is 1.65. The lowest BCUT2D eigenvalue weighted by Gasteiger charge is -2.12. The molecule has 0 atom stereocenters. The van der Waals surface area contributed by atoms with Crippen molar-refractivity contribution >= 4 is 23.1 Å². The predicted molar refractivity (Wildman–Crippen MR) is 87.4 cm³/mol. The Morgan fingerprint density at radius 1 is 1.14 bits per heavy atom. The zero-order valence-corrected chi connectivity index (χ0v) is 12.7. The highest BCUT2D eigenvalue weighted by molar-refractivity contribution is 7.10. The minimum Gasteiger partial charge on any atom is -0.308 e. The fraction of sp³-hybridized carbons (Fsp3) is 0.176. The van der Waals surface area contributed by atoms with Gasteiger partial charge in [0.1, 0.15) is 0 Å². The number of benzene rings is 1. The van der Waals surface area contributed by atoms with Gasteiger partial charge in [0, 0.05) is 17.1 Å². The highest BCUT2D eigenvalue weighted by Gasteiger charge is 2.52. The fourth-order valence-corrected chi connectivity index (χ4v) is 3.60. The normalized spacial score (nSPS) is 15.5. The first-order valence-electron chi connectivity index (χ1n) is 7.24. The van der Waals surface area contributed by atoms with Crippen LogP contribution >= 0.6 is 11.3 Å². The van der Waals surface area contributed by atoms with Crippen LogP contribution in [0.4, 0.5) is 5.82 Å². The highest BCUT2D eigenvalue weighted by Crippen LogP contribution is 2.50. The summed E-state index contributed by atoms with van der Waals surface area (Å²) in [5, 5.41) is 9.41. The van der Waals surface area contributed by atoms with Crippen LogP contribution in [0.5, 0.6) is 0 Å². The third-order valence-corrected chi connectivity index (χ3v) is 5.10. The molecule has 22 heavy (non-hydrogen) atoms. The van der Waals surface area contributed by atoms with E-state index in [0.717, 1.165) is 23.4 Å². The lowest BCUT2D eigenvalue weighted by atomic mass is 10.0. The Kier molecular flexibility index (Phi) is 3.08. The van der Waals surface area contributed by atoms with Crippen molar-refractivity contribution in [2.75, 3.05) is 5.32 Å². The Morgan fingerprint density at radius 3 is 2.64 bits per heavy atom. The smallest absolute Gasteiger partial charge is 0.237 e. The third-order valence-electron chi connectivity index (χ3n) is 4.03. The number of carbonyl (C=O) groups is 1. The van der Waals surface area contributed by atoms with Crippen LogP contribution < -0.4 is 5.32 Å². The number of anilines is 1. The van der Waals surface area contributed by atoms with Crippen molar-refractivity contribution in [1.29, 1.82) is 0 Å². The van der Waals surface area contributed by atoms with Crippen molar-refractivity contribution in [3.05, 3.63) is 65.0 Å². The number of amides is 1. The molecule has 1 aromatic carbocycles. The van der Waals surface area contributed by atoms with E-state index in [1.54, 1.807) is 16.0 Å². The summed E-state index contributed by atoms with van der Waals surface area (Å²) in [4.78, 5) is 13.7. The van der Waals surface area contributed by atoms with Gasteiger partial charge in [-0.2, -0.15) is 5.10 Å². The van der Waals surface area contributed by atoms with E-state index < -0.39 is 0 Å². The molecule has 2 aromatic heterocycles. The molecule has 0 bridgehead atoms. The van der Waals surface area contributed by atoms with Crippen LogP contribution in [0.25, 0.3) is 5.69 Å².